The van der Waals surface area contributed by atoms with Crippen LogP contribution in [-0.4, -0.2) is 21.0 Å². The topological polar surface area (TPSA) is 79.9 Å². The highest BCUT2D eigenvalue weighted by Crippen LogP contribution is 2.20. The van der Waals surface area contributed by atoms with Gasteiger partial charge in [-0.05, 0) is 23.2 Å². The van der Waals surface area contributed by atoms with Crippen molar-refractivity contribution in [1.82, 2.24) is 15.0 Å². The second kappa shape index (κ2) is 5.80. The zero-order chi connectivity index (χ0) is 14.7. The number of ether oxygens (including phenoxy) is 1. The predicted octanol–water partition coefficient (Wildman–Crippen LogP) is 3.36. The number of carbonyl (C=O) groups excluding carboxylic acids is 1. The molecule has 21 heavy (non-hydrogen) atoms. The molecule has 0 unspecified atom stereocenters. The molecule has 3 rings (SSSR count). The minimum absolute atomic E-state index is 0.0560. The molecule has 0 saturated carbocycles. The Morgan fingerprint density at radius 3 is 2.86 bits per heavy atom. The second-order valence-corrected chi connectivity index (χ2v) is 4.60. The molecule has 106 valence electrons. The molecule has 0 bridgehead atoms. The third-order valence-electron chi connectivity index (χ3n) is 2.81. The number of nitrogens with zero attached hydrogens (tertiary/aromatic N) is 2. The number of amides is 1. The molecule has 1 amide bonds. The number of carbonyl (C=O) groups is 1. The van der Waals surface area contributed by atoms with Crippen LogP contribution in [0.15, 0.2) is 42.6 Å². The lowest BCUT2D eigenvalue weighted by atomic mass is 10.2. The molecule has 6 nitrogen and oxygen atoms in total. The van der Waals surface area contributed by atoms with Crippen LogP contribution in [0.25, 0.3) is 11.0 Å². The van der Waals surface area contributed by atoms with Gasteiger partial charge >= 0.3 is 6.09 Å². The number of H-pyrrole nitrogens is 1. The molecule has 0 saturated heterocycles. The molecule has 0 atom stereocenters. The van der Waals surface area contributed by atoms with Crippen LogP contribution in [0.4, 0.5) is 10.6 Å². The van der Waals surface area contributed by atoms with Gasteiger partial charge in [-0.3, -0.25) is 5.32 Å². The summed E-state index contributed by atoms with van der Waals surface area (Å²) < 4.78 is 5.13. The van der Waals surface area contributed by atoms with E-state index in [-0.39, 0.29) is 17.7 Å². The van der Waals surface area contributed by atoms with Gasteiger partial charge in [0.25, 0.3) is 0 Å². The largest absolute Gasteiger partial charge is 0.444 e. The Bertz CT molecular complexity index is 773. The molecule has 2 heterocycles. The first kappa shape index (κ1) is 13.4. The molecule has 0 spiro atoms. The van der Waals surface area contributed by atoms with Crippen LogP contribution in [0.5, 0.6) is 0 Å². The smallest absolute Gasteiger partial charge is 0.413 e. The Hall–Kier alpha value is -2.60. The molecule has 0 aliphatic heterocycles. The summed E-state index contributed by atoms with van der Waals surface area (Å²) in [5.41, 5.74) is 2.11. The van der Waals surface area contributed by atoms with Gasteiger partial charge in [0, 0.05) is 6.20 Å². The van der Waals surface area contributed by atoms with Gasteiger partial charge in [-0.25, -0.2) is 9.78 Å². The van der Waals surface area contributed by atoms with Crippen molar-refractivity contribution in [1.29, 1.82) is 0 Å². The summed E-state index contributed by atoms with van der Waals surface area (Å²) >= 11 is 5.81. The Labute approximate surface area is 125 Å². The molecule has 1 aromatic carbocycles. The van der Waals surface area contributed by atoms with Gasteiger partial charge in [-0.2, -0.15) is 4.98 Å². The molecule has 0 aliphatic carbocycles. The SMILES string of the molecule is O=C(Nc1nc(Cl)nc2cc[nH]c12)OCc1ccccc1. The van der Waals surface area contributed by atoms with E-state index in [1.54, 1.807) is 12.3 Å². The van der Waals surface area contributed by atoms with Crippen LogP contribution in [0.3, 0.4) is 0 Å². The molecule has 0 aliphatic rings. The second-order valence-electron chi connectivity index (χ2n) is 4.27. The van der Waals surface area contributed by atoms with E-state index in [4.69, 9.17) is 16.3 Å². The maximum atomic E-state index is 11.8. The Kier molecular flexibility index (Phi) is 3.70. The number of benzene rings is 1. The van der Waals surface area contributed by atoms with Crippen molar-refractivity contribution >= 4 is 34.5 Å². The highest BCUT2D eigenvalue weighted by molar-refractivity contribution is 6.28. The fourth-order valence-electron chi connectivity index (χ4n) is 1.86. The minimum Gasteiger partial charge on any atom is -0.444 e. The molecule has 0 fully saturated rings. The van der Waals surface area contributed by atoms with Crippen molar-refractivity contribution in [3.63, 3.8) is 0 Å². The molecular weight excluding hydrogens is 292 g/mol. The number of aromatic nitrogens is 3. The van der Waals surface area contributed by atoms with E-state index >= 15 is 0 Å². The molecule has 2 N–H and O–H groups in total. The van der Waals surface area contributed by atoms with Gasteiger partial charge in [0.2, 0.25) is 5.28 Å². The van der Waals surface area contributed by atoms with Crippen LogP contribution in [0.2, 0.25) is 5.28 Å². The number of halogens is 1. The van der Waals surface area contributed by atoms with E-state index in [1.165, 1.54) is 0 Å². The summed E-state index contributed by atoms with van der Waals surface area (Å²) in [7, 11) is 0. The standard InChI is InChI=1S/C14H11ClN4O2/c15-13-17-10-6-7-16-11(10)12(18-13)19-14(20)21-8-9-4-2-1-3-5-9/h1-7,16H,8H2,(H,17,18,19,20). The third-order valence-corrected chi connectivity index (χ3v) is 2.98. The quantitative estimate of drug-likeness (QED) is 0.727. The van der Waals surface area contributed by atoms with Gasteiger partial charge in [-0.15, -0.1) is 0 Å². The fraction of sp³-hybridized carbons (Fsp3) is 0.0714. The van der Waals surface area contributed by atoms with E-state index in [1.807, 2.05) is 30.3 Å². The zero-order valence-electron chi connectivity index (χ0n) is 10.8. The van der Waals surface area contributed by atoms with Crippen molar-refractivity contribution in [3.8, 4) is 0 Å². The van der Waals surface area contributed by atoms with E-state index in [9.17, 15) is 4.79 Å². The van der Waals surface area contributed by atoms with Crippen molar-refractivity contribution in [3.05, 3.63) is 53.4 Å². The maximum Gasteiger partial charge on any atom is 0.413 e. The first-order valence-electron chi connectivity index (χ1n) is 6.21. The summed E-state index contributed by atoms with van der Waals surface area (Å²) in [4.78, 5) is 22.8. The van der Waals surface area contributed by atoms with E-state index in [0.717, 1.165) is 5.56 Å². The monoisotopic (exact) mass is 302 g/mol. The lowest BCUT2D eigenvalue weighted by molar-refractivity contribution is 0.155. The Morgan fingerprint density at radius 1 is 1.24 bits per heavy atom. The maximum absolute atomic E-state index is 11.8. The van der Waals surface area contributed by atoms with E-state index in [2.05, 4.69) is 20.3 Å². The van der Waals surface area contributed by atoms with E-state index < -0.39 is 6.09 Å². The molecule has 3 aromatic rings. The Balaban J connectivity index is 1.70. The first-order chi connectivity index (χ1) is 10.2. The number of fused-ring (bicyclic) bond motifs is 1. The van der Waals surface area contributed by atoms with Crippen LogP contribution < -0.4 is 5.32 Å². The summed E-state index contributed by atoms with van der Waals surface area (Å²) in [6.07, 6.45) is 1.08. The summed E-state index contributed by atoms with van der Waals surface area (Å²) in [5, 5.41) is 2.61. The molecule has 0 radical (unpaired) electrons. The van der Waals surface area contributed by atoms with Gasteiger partial charge in [0.05, 0.1) is 5.52 Å². The van der Waals surface area contributed by atoms with E-state index in [0.29, 0.717) is 11.0 Å². The average molecular weight is 303 g/mol. The van der Waals surface area contributed by atoms with Crippen molar-refractivity contribution in [2.75, 3.05) is 5.32 Å². The summed E-state index contributed by atoms with van der Waals surface area (Å²) in [6.45, 7) is 0.180. The van der Waals surface area contributed by atoms with Gasteiger partial charge in [0.1, 0.15) is 12.1 Å². The van der Waals surface area contributed by atoms with Crippen LogP contribution in [0.1, 0.15) is 5.56 Å². The predicted molar refractivity (Wildman–Crippen MR) is 79.1 cm³/mol. The zero-order valence-corrected chi connectivity index (χ0v) is 11.6. The highest BCUT2D eigenvalue weighted by Gasteiger charge is 2.11. The van der Waals surface area contributed by atoms with Crippen LogP contribution >= 0.6 is 11.6 Å². The number of anilines is 1. The molecule has 2 aromatic heterocycles. The normalized spacial score (nSPS) is 10.5. The van der Waals surface area contributed by atoms with Gasteiger partial charge in [-0.1, -0.05) is 30.3 Å². The first-order valence-corrected chi connectivity index (χ1v) is 6.58. The van der Waals surface area contributed by atoms with Gasteiger partial charge < -0.3 is 9.72 Å². The minimum atomic E-state index is -0.607. The fourth-order valence-corrected chi connectivity index (χ4v) is 2.04. The number of rotatable bonds is 3. The van der Waals surface area contributed by atoms with Crippen molar-refractivity contribution < 1.29 is 9.53 Å². The van der Waals surface area contributed by atoms with Gasteiger partial charge in [0.15, 0.2) is 5.82 Å². The lowest BCUT2D eigenvalue weighted by Gasteiger charge is -2.07. The molecule has 7 heteroatoms. The lowest BCUT2D eigenvalue weighted by Crippen LogP contribution is -2.15. The Morgan fingerprint density at radius 2 is 2.05 bits per heavy atom. The average Bonchev–Trinajstić information content (AvgIpc) is 2.94. The molecular formula is C14H11ClN4O2. The number of nitrogens with one attached hydrogen (secondary N) is 2. The van der Waals surface area contributed by atoms with Crippen molar-refractivity contribution in [2.24, 2.45) is 0 Å². The summed E-state index contributed by atoms with van der Waals surface area (Å²) in [5.74, 6) is 0.285. The number of hydrogen-bond donors (Lipinski definition) is 2. The third kappa shape index (κ3) is 3.11. The van der Waals surface area contributed by atoms with Crippen LogP contribution in [-0.2, 0) is 11.3 Å². The summed E-state index contributed by atoms with van der Waals surface area (Å²) in [6, 6.07) is 11.1. The van der Waals surface area contributed by atoms with Crippen LogP contribution in [0, 0.1) is 0 Å². The number of hydrogen-bond acceptors (Lipinski definition) is 4. The number of aromatic amines is 1. The highest BCUT2D eigenvalue weighted by atomic mass is 35.5. The van der Waals surface area contributed by atoms with Crippen molar-refractivity contribution in [2.45, 2.75) is 6.61 Å².